The first-order valence-electron chi connectivity index (χ1n) is 5.95. The van der Waals surface area contributed by atoms with Crippen molar-refractivity contribution in [3.8, 4) is 5.75 Å². The van der Waals surface area contributed by atoms with Crippen molar-refractivity contribution in [2.45, 2.75) is 5.33 Å². The summed E-state index contributed by atoms with van der Waals surface area (Å²) in [7, 11) is 0. The van der Waals surface area contributed by atoms with E-state index >= 15 is 0 Å². The topological polar surface area (TPSA) is 92.5 Å². The second-order valence-corrected chi connectivity index (χ2v) is 4.80. The highest BCUT2D eigenvalue weighted by atomic mass is 79.9. The summed E-state index contributed by atoms with van der Waals surface area (Å²) in [6.45, 7) is 0. The van der Waals surface area contributed by atoms with Crippen molar-refractivity contribution in [2.75, 3.05) is 5.32 Å². The van der Waals surface area contributed by atoms with Gasteiger partial charge in [0.15, 0.2) is 0 Å². The average Bonchev–Trinajstić information content (AvgIpc) is 2.49. The zero-order chi connectivity index (χ0) is 15.4. The zero-order valence-corrected chi connectivity index (χ0v) is 12.3. The lowest BCUT2D eigenvalue weighted by atomic mass is 10.1. The Morgan fingerprint density at radius 1 is 1.24 bits per heavy atom. The van der Waals surface area contributed by atoms with Gasteiger partial charge in [0.2, 0.25) is 0 Å². The Morgan fingerprint density at radius 3 is 2.48 bits per heavy atom. The summed E-state index contributed by atoms with van der Waals surface area (Å²) in [4.78, 5) is 22.1. The van der Waals surface area contributed by atoms with Gasteiger partial charge in [-0.3, -0.25) is 14.9 Å². The number of rotatable bonds is 4. The van der Waals surface area contributed by atoms with Crippen LogP contribution < -0.4 is 5.32 Å². The number of halogens is 1. The Bertz CT molecular complexity index is 686. The number of phenolic OH excluding ortho intramolecular Hbond substituents is 1. The molecule has 0 aliphatic carbocycles. The molecule has 0 spiro atoms. The lowest BCUT2D eigenvalue weighted by Gasteiger charge is -2.07. The molecule has 21 heavy (non-hydrogen) atoms. The molecule has 0 aliphatic rings. The molecule has 108 valence electrons. The van der Waals surface area contributed by atoms with Gasteiger partial charge in [0, 0.05) is 23.0 Å². The van der Waals surface area contributed by atoms with Gasteiger partial charge < -0.3 is 10.4 Å². The molecule has 0 aliphatic heterocycles. The number of nitrogens with zero attached hydrogens (tertiary/aromatic N) is 1. The third-order valence-electron chi connectivity index (χ3n) is 2.81. The molecule has 0 saturated heterocycles. The minimum absolute atomic E-state index is 0.00114. The van der Waals surface area contributed by atoms with Crippen molar-refractivity contribution in [2.24, 2.45) is 0 Å². The summed E-state index contributed by atoms with van der Waals surface area (Å²) in [6, 6.07) is 10.3. The first-order valence-corrected chi connectivity index (χ1v) is 7.07. The van der Waals surface area contributed by atoms with Gasteiger partial charge in [-0.1, -0.05) is 28.1 Å². The molecule has 2 aromatic rings. The molecule has 6 nitrogen and oxygen atoms in total. The Kier molecular flexibility index (Phi) is 4.54. The van der Waals surface area contributed by atoms with Crippen LogP contribution in [0.25, 0.3) is 0 Å². The maximum atomic E-state index is 12.0. The van der Waals surface area contributed by atoms with E-state index in [-0.39, 0.29) is 17.1 Å². The number of benzene rings is 2. The molecule has 2 rings (SSSR count). The van der Waals surface area contributed by atoms with E-state index in [1.807, 2.05) is 0 Å². The molecule has 2 N–H and O–H groups in total. The predicted molar refractivity (Wildman–Crippen MR) is 81.8 cm³/mol. The molecule has 2 aromatic carbocycles. The fourth-order valence-electron chi connectivity index (χ4n) is 1.68. The van der Waals surface area contributed by atoms with Crippen LogP contribution >= 0.6 is 15.9 Å². The smallest absolute Gasteiger partial charge is 0.271 e. The van der Waals surface area contributed by atoms with E-state index in [0.717, 1.165) is 17.7 Å². The highest BCUT2D eigenvalue weighted by Gasteiger charge is 2.13. The number of hydrogen-bond donors (Lipinski definition) is 2. The molecule has 0 saturated carbocycles. The number of nitro benzene ring substituents is 1. The summed E-state index contributed by atoms with van der Waals surface area (Å²) in [6.07, 6.45) is 0. The van der Waals surface area contributed by atoms with Crippen molar-refractivity contribution >= 4 is 33.2 Å². The van der Waals surface area contributed by atoms with Crippen molar-refractivity contribution < 1.29 is 14.8 Å². The van der Waals surface area contributed by atoms with Crippen LogP contribution in [0.15, 0.2) is 42.5 Å². The number of amides is 1. The normalized spacial score (nSPS) is 10.1. The van der Waals surface area contributed by atoms with Crippen LogP contribution in [0.1, 0.15) is 15.9 Å². The number of nitro groups is 1. The van der Waals surface area contributed by atoms with Crippen LogP contribution in [-0.2, 0) is 5.33 Å². The Morgan fingerprint density at radius 2 is 1.90 bits per heavy atom. The third kappa shape index (κ3) is 3.57. The zero-order valence-electron chi connectivity index (χ0n) is 10.7. The largest absolute Gasteiger partial charge is 0.506 e. The fourth-order valence-corrected chi connectivity index (χ4v) is 2.05. The summed E-state index contributed by atoms with van der Waals surface area (Å²) in [5.41, 5.74) is 1.20. The van der Waals surface area contributed by atoms with Crippen molar-refractivity contribution in [3.05, 3.63) is 63.7 Å². The van der Waals surface area contributed by atoms with Gasteiger partial charge in [0.25, 0.3) is 11.6 Å². The highest BCUT2D eigenvalue weighted by Crippen LogP contribution is 2.28. The Hall–Kier alpha value is -2.41. The minimum atomic E-state index is -0.597. The van der Waals surface area contributed by atoms with Crippen molar-refractivity contribution in [1.82, 2.24) is 0 Å². The van der Waals surface area contributed by atoms with Gasteiger partial charge in [-0.2, -0.15) is 0 Å². The molecule has 0 atom stereocenters. The number of anilines is 1. The monoisotopic (exact) mass is 350 g/mol. The third-order valence-corrected chi connectivity index (χ3v) is 3.46. The van der Waals surface area contributed by atoms with E-state index in [1.165, 1.54) is 6.07 Å². The standard InChI is InChI=1S/C14H11BrN2O4/c15-8-9-1-3-10(4-2-9)14(19)16-12-7-11(17(20)21)5-6-13(12)18/h1-7,18H,8H2,(H,16,19). The van der Waals surface area contributed by atoms with Crippen LogP contribution in [-0.4, -0.2) is 15.9 Å². The van der Waals surface area contributed by atoms with Crippen LogP contribution in [0.4, 0.5) is 11.4 Å². The molecular weight excluding hydrogens is 340 g/mol. The Labute approximate surface area is 128 Å². The van der Waals surface area contributed by atoms with E-state index in [2.05, 4.69) is 21.2 Å². The summed E-state index contributed by atoms with van der Waals surface area (Å²) < 4.78 is 0. The first-order chi connectivity index (χ1) is 10.0. The molecule has 0 fully saturated rings. The van der Waals surface area contributed by atoms with Crippen LogP contribution in [0, 0.1) is 10.1 Å². The molecule has 7 heteroatoms. The number of phenols is 1. The van der Waals surface area contributed by atoms with Gasteiger partial charge in [0.05, 0.1) is 10.6 Å². The maximum Gasteiger partial charge on any atom is 0.271 e. The van der Waals surface area contributed by atoms with Gasteiger partial charge in [-0.05, 0) is 23.8 Å². The summed E-state index contributed by atoms with van der Waals surface area (Å²) >= 11 is 3.31. The number of alkyl halides is 1. The SMILES string of the molecule is O=C(Nc1cc([N+](=O)[O-])ccc1O)c1ccc(CBr)cc1. The molecule has 0 bridgehead atoms. The highest BCUT2D eigenvalue weighted by molar-refractivity contribution is 9.08. The van der Waals surface area contributed by atoms with Crippen molar-refractivity contribution in [3.63, 3.8) is 0 Å². The molecule has 0 radical (unpaired) electrons. The Balaban J connectivity index is 2.22. The summed E-state index contributed by atoms with van der Waals surface area (Å²) in [5, 5.41) is 23.5. The quantitative estimate of drug-likeness (QED) is 0.382. The lowest BCUT2D eigenvalue weighted by Crippen LogP contribution is -2.12. The number of hydrogen-bond acceptors (Lipinski definition) is 4. The lowest BCUT2D eigenvalue weighted by molar-refractivity contribution is -0.384. The van der Waals surface area contributed by atoms with Gasteiger partial charge >= 0.3 is 0 Å². The first kappa shape index (κ1) is 15.0. The van der Waals surface area contributed by atoms with E-state index in [9.17, 15) is 20.0 Å². The number of nitrogens with one attached hydrogen (secondary N) is 1. The van der Waals surface area contributed by atoms with Crippen LogP contribution in [0.3, 0.4) is 0 Å². The molecule has 0 unspecified atom stereocenters. The van der Waals surface area contributed by atoms with E-state index in [4.69, 9.17) is 0 Å². The van der Waals surface area contributed by atoms with Crippen LogP contribution in [0.5, 0.6) is 5.75 Å². The van der Waals surface area contributed by atoms with Gasteiger partial charge in [0.1, 0.15) is 5.75 Å². The second-order valence-electron chi connectivity index (χ2n) is 4.24. The molecule has 1 amide bonds. The van der Waals surface area contributed by atoms with E-state index in [1.54, 1.807) is 24.3 Å². The van der Waals surface area contributed by atoms with E-state index < -0.39 is 10.8 Å². The minimum Gasteiger partial charge on any atom is -0.506 e. The molecule has 0 heterocycles. The van der Waals surface area contributed by atoms with Gasteiger partial charge in [-0.15, -0.1) is 0 Å². The number of carbonyl (C=O) groups is 1. The van der Waals surface area contributed by atoms with E-state index in [0.29, 0.717) is 10.9 Å². The number of aromatic hydroxyl groups is 1. The average molecular weight is 351 g/mol. The second kappa shape index (κ2) is 6.36. The predicted octanol–water partition coefficient (Wildman–Crippen LogP) is 3.45. The van der Waals surface area contributed by atoms with Gasteiger partial charge in [-0.25, -0.2) is 0 Å². The maximum absolute atomic E-state index is 12.0. The van der Waals surface area contributed by atoms with Crippen LogP contribution in [0.2, 0.25) is 0 Å². The molecular formula is C14H11BrN2O4. The van der Waals surface area contributed by atoms with Crippen molar-refractivity contribution in [1.29, 1.82) is 0 Å². The number of non-ortho nitro benzene ring substituents is 1. The molecule has 0 aromatic heterocycles. The summed E-state index contributed by atoms with van der Waals surface area (Å²) in [5.74, 6) is -0.682. The fraction of sp³-hybridized carbons (Fsp3) is 0.0714. The number of carbonyl (C=O) groups excluding carboxylic acids is 1.